The molecule has 0 fully saturated rings. The Morgan fingerprint density at radius 1 is 1.00 bits per heavy atom. The maximum atomic E-state index is 13.3. The van der Waals surface area contributed by atoms with Crippen LogP contribution < -0.4 is 13.8 Å². The quantitative estimate of drug-likeness (QED) is 0.400. The standard InChI is InChI=1S/C24H24BrNO5S/c1-17(2)18-9-14-23(22(25)15-18)31-16-24(27)26(19-10-12-20(30-3)13-11-19)32(28,29)21-7-5-4-6-8-21/h4-15,17H,16H2,1-3H3. The zero-order valence-electron chi connectivity index (χ0n) is 18.0. The Morgan fingerprint density at radius 3 is 2.22 bits per heavy atom. The molecule has 0 radical (unpaired) electrons. The van der Waals surface area contributed by atoms with E-state index in [-0.39, 0.29) is 10.6 Å². The normalized spacial score (nSPS) is 11.3. The average Bonchev–Trinajstić information content (AvgIpc) is 2.79. The number of hydrogen-bond acceptors (Lipinski definition) is 5. The van der Waals surface area contributed by atoms with E-state index in [0.29, 0.717) is 21.9 Å². The molecular weight excluding hydrogens is 494 g/mol. The van der Waals surface area contributed by atoms with Gasteiger partial charge in [-0.15, -0.1) is 0 Å². The smallest absolute Gasteiger partial charge is 0.278 e. The number of methoxy groups -OCH3 is 1. The van der Waals surface area contributed by atoms with Gasteiger partial charge >= 0.3 is 0 Å². The molecule has 0 unspecified atom stereocenters. The SMILES string of the molecule is COc1ccc(N(C(=O)COc2ccc(C(C)C)cc2Br)S(=O)(=O)c2ccccc2)cc1. The lowest BCUT2D eigenvalue weighted by molar-refractivity contribution is -0.119. The van der Waals surface area contributed by atoms with Crippen molar-refractivity contribution in [1.82, 2.24) is 0 Å². The van der Waals surface area contributed by atoms with E-state index in [4.69, 9.17) is 9.47 Å². The van der Waals surface area contributed by atoms with Crippen molar-refractivity contribution in [3.8, 4) is 11.5 Å². The van der Waals surface area contributed by atoms with Crippen LogP contribution in [0.1, 0.15) is 25.3 Å². The molecule has 0 saturated carbocycles. The van der Waals surface area contributed by atoms with E-state index in [9.17, 15) is 13.2 Å². The summed E-state index contributed by atoms with van der Waals surface area (Å²) in [5.41, 5.74) is 1.31. The van der Waals surface area contributed by atoms with Crippen LogP contribution in [0.15, 0.2) is 82.2 Å². The van der Waals surface area contributed by atoms with Crippen LogP contribution in [0.4, 0.5) is 5.69 Å². The van der Waals surface area contributed by atoms with E-state index >= 15 is 0 Å². The fraction of sp³-hybridized carbons (Fsp3) is 0.208. The van der Waals surface area contributed by atoms with E-state index in [2.05, 4.69) is 29.8 Å². The minimum absolute atomic E-state index is 0.00614. The Morgan fingerprint density at radius 2 is 1.66 bits per heavy atom. The largest absolute Gasteiger partial charge is 0.497 e. The molecule has 0 aliphatic carbocycles. The highest BCUT2D eigenvalue weighted by Crippen LogP contribution is 2.30. The molecule has 0 N–H and O–H groups in total. The molecular formula is C24H24BrNO5S. The summed E-state index contributed by atoms with van der Waals surface area (Å²) in [4.78, 5) is 13.2. The van der Waals surface area contributed by atoms with Crippen LogP contribution in [0, 0.1) is 0 Å². The third-order valence-corrected chi connectivity index (χ3v) is 7.17. The van der Waals surface area contributed by atoms with E-state index in [1.807, 2.05) is 12.1 Å². The van der Waals surface area contributed by atoms with Gasteiger partial charge in [0.25, 0.3) is 15.9 Å². The number of halogens is 1. The number of ether oxygens (including phenoxy) is 2. The zero-order chi connectivity index (χ0) is 23.3. The first kappa shape index (κ1) is 23.8. The number of carbonyl (C=O) groups excluding carboxylic acids is 1. The summed E-state index contributed by atoms with van der Waals surface area (Å²) in [7, 11) is -2.65. The van der Waals surface area contributed by atoms with Crippen LogP contribution in [0.3, 0.4) is 0 Å². The van der Waals surface area contributed by atoms with Crippen LogP contribution in [0.25, 0.3) is 0 Å². The van der Waals surface area contributed by atoms with Gasteiger partial charge in [0.15, 0.2) is 6.61 Å². The Bertz CT molecular complexity index is 1180. The number of nitrogens with zero attached hydrogens (tertiary/aromatic N) is 1. The maximum Gasteiger partial charge on any atom is 0.278 e. The molecule has 8 heteroatoms. The van der Waals surface area contributed by atoms with Crippen molar-refractivity contribution >= 4 is 37.5 Å². The van der Waals surface area contributed by atoms with Crippen LogP contribution >= 0.6 is 15.9 Å². The summed E-state index contributed by atoms with van der Waals surface area (Å²) >= 11 is 3.46. The minimum Gasteiger partial charge on any atom is -0.497 e. The van der Waals surface area contributed by atoms with Crippen molar-refractivity contribution in [2.24, 2.45) is 0 Å². The molecule has 0 aliphatic heterocycles. The fourth-order valence-electron chi connectivity index (χ4n) is 3.02. The van der Waals surface area contributed by atoms with Gasteiger partial charge in [0.1, 0.15) is 11.5 Å². The molecule has 0 atom stereocenters. The maximum absolute atomic E-state index is 13.3. The van der Waals surface area contributed by atoms with Gasteiger partial charge in [-0.2, -0.15) is 4.31 Å². The monoisotopic (exact) mass is 517 g/mol. The third kappa shape index (κ3) is 5.31. The third-order valence-electron chi connectivity index (χ3n) is 4.79. The second kappa shape index (κ2) is 10.2. The second-order valence-electron chi connectivity index (χ2n) is 7.31. The molecule has 0 aliphatic rings. The Hall–Kier alpha value is -2.84. The Kier molecular flexibility index (Phi) is 7.58. The van der Waals surface area contributed by atoms with E-state index in [0.717, 1.165) is 9.87 Å². The summed E-state index contributed by atoms with van der Waals surface area (Å²) in [6, 6.07) is 19.6. The van der Waals surface area contributed by atoms with Crippen LogP contribution in [-0.2, 0) is 14.8 Å². The van der Waals surface area contributed by atoms with Crippen LogP contribution in [0.2, 0.25) is 0 Å². The van der Waals surface area contributed by atoms with Crippen molar-refractivity contribution in [3.05, 3.63) is 82.8 Å². The minimum atomic E-state index is -4.15. The first-order chi connectivity index (χ1) is 15.2. The Labute approximate surface area is 197 Å². The highest BCUT2D eigenvalue weighted by molar-refractivity contribution is 9.10. The van der Waals surface area contributed by atoms with Crippen molar-refractivity contribution < 1.29 is 22.7 Å². The van der Waals surface area contributed by atoms with E-state index in [1.165, 1.54) is 31.4 Å². The zero-order valence-corrected chi connectivity index (χ0v) is 20.4. The number of sulfonamides is 1. The number of rotatable bonds is 8. The molecule has 0 aromatic heterocycles. The predicted octanol–water partition coefficient (Wildman–Crippen LogP) is 5.38. The molecule has 3 aromatic rings. The number of hydrogen-bond donors (Lipinski definition) is 0. The number of amides is 1. The number of carbonyl (C=O) groups is 1. The van der Waals surface area contributed by atoms with Gasteiger partial charge < -0.3 is 9.47 Å². The first-order valence-electron chi connectivity index (χ1n) is 9.93. The van der Waals surface area contributed by atoms with Gasteiger partial charge in [0.2, 0.25) is 0 Å². The topological polar surface area (TPSA) is 72.9 Å². The summed E-state index contributed by atoms with van der Waals surface area (Å²) < 4.78 is 39.0. The molecule has 32 heavy (non-hydrogen) atoms. The molecule has 0 saturated heterocycles. The van der Waals surface area contributed by atoms with Gasteiger partial charge in [-0.25, -0.2) is 8.42 Å². The average molecular weight is 518 g/mol. The number of anilines is 1. The van der Waals surface area contributed by atoms with Gasteiger partial charge in [0.05, 0.1) is 22.2 Å². The van der Waals surface area contributed by atoms with Crippen molar-refractivity contribution in [1.29, 1.82) is 0 Å². The summed E-state index contributed by atoms with van der Waals surface area (Å²) in [5, 5.41) is 0. The molecule has 3 rings (SSSR count). The van der Waals surface area contributed by atoms with Gasteiger partial charge in [-0.05, 0) is 75.9 Å². The lowest BCUT2D eigenvalue weighted by atomic mass is 10.0. The molecule has 0 heterocycles. The number of benzene rings is 3. The highest BCUT2D eigenvalue weighted by atomic mass is 79.9. The van der Waals surface area contributed by atoms with Crippen molar-refractivity contribution in [3.63, 3.8) is 0 Å². The van der Waals surface area contributed by atoms with E-state index in [1.54, 1.807) is 36.4 Å². The summed E-state index contributed by atoms with van der Waals surface area (Å²) in [5.74, 6) is 0.612. The summed E-state index contributed by atoms with van der Waals surface area (Å²) in [6.45, 7) is 3.69. The molecule has 0 bridgehead atoms. The molecule has 1 amide bonds. The van der Waals surface area contributed by atoms with Crippen molar-refractivity contribution in [2.75, 3.05) is 18.0 Å². The van der Waals surface area contributed by atoms with Crippen molar-refractivity contribution in [2.45, 2.75) is 24.7 Å². The molecule has 6 nitrogen and oxygen atoms in total. The first-order valence-corrected chi connectivity index (χ1v) is 12.2. The molecule has 0 spiro atoms. The second-order valence-corrected chi connectivity index (χ2v) is 9.95. The molecule has 3 aromatic carbocycles. The lowest BCUT2D eigenvalue weighted by Gasteiger charge is -2.23. The predicted molar refractivity (Wildman–Crippen MR) is 128 cm³/mol. The Balaban J connectivity index is 1.92. The van der Waals surface area contributed by atoms with Gasteiger partial charge in [0, 0.05) is 0 Å². The van der Waals surface area contributed by atoms with Gasteiger partial charge in [-0.1, -0.05) is 38.1 Å². The van der Waals surface area contributed by atoms with Crippen LogP contribution in [0.5, 0.6) is 11.5 Å². The van der Waals surface area contributed by atoms with E-state index < -0.39 is 22.5 Å². The molecule has 168 valence electrons. The fourth-order valence-corrected chi connectivity index (χ4v) is 4.97. The van der Waals surface area contributed by atoms with Crippen LogP contribution in [-0.4, -0.2) is 28.0 Å². The highest BCUT2D eigenvalue weighted by Gasteiger charge is 2.31. The van der Waals surface area contributed by atoms with Gasteiger partial charge in [-0.3, -0.25) is 4.79 Å². The summed E-state index contributed by atoms with van der Waals surface area (Å²) in [6.07, 6.45) is 0. The lowest BCUT2D eigenvalue weighted by Crippen LogP contribution is -2.40.